The van der Waals surface area contributed by atoms with Crippen molar-refractivity contribution in [3.63, 3.8) is 0 Å². The molecule has 0 aromatic heterocycles. The predicted octanol–water partition coefficient (Wildman–Crippen LogP) is 5.60. The molecule has 234 valence electrons. The standard InChI is InChI=1S/C36H48BN3O4/c1-34(2,3)40-33(42)27(23-38)17-15-25-13-10-14-26(19-25)16-18-32(41)39-31(20-24-11-8-7-9-12-24)37-43-30-22-28-21-29(35(28,4)5)36(30,6)44-37/h7-14,19,27-31H,15-18,20-22H2,1-6H3,(H,39,41)(H,40,42)/t27?,28-,29-,30+,31-,36-/m0/s1. The molecule has 3 aliphatic carbocycles. The Morgan fingerprint density at radius 3 is 2.36 bits per heavy atom. The molecule has 2 aromatic rings. The minimum atomic E-state index is -0.701. The molecule has 0 spiro atoms. The topological polar surface area (TPSA) is 100 Å². The van der Waals surface area contributed by atoms with Gasteiger partial charge in [0.2, 0.25) is 11.8 Å². The Bertz CT molecular complexity index is 1380. The predicted molar refractivity (Wildman–Crippen MR) is 172 cm³/mol. The minimum Gasteiger partial charge on any atom is -0.404 e. The maximum absolute atomic E-state index is 13.4. The maximum atomic E-state index is 13.4. The van der Waals surface area contributed by atoms with Gasteiger partial charge in [0.25, 0.3) is 0 Å². The molecule has 1 saturated heterocycles. The normalized spacial score (nSPS) is 26.5. The van der Waals surface area contributed by atoms with Crippen LogP contribution in [0.1, 0.15) is 83.9 Å². The number of nitrogens with zero attached hydrogens (tertiary/aromatic N) is 1. The number of carbonyl (C=O) groups is 2. The Balaban J connectivity index is 1.19. The molecule has 6 atom stereocenters. The van der Waals surface area contributed by atoms with Crippen LogP contribution in [0.2, 0.25) is 0 Å². The van der Waals surface area contributed by atoms with Crippen molar-refractivity contribution in [1.29, 1.82) is 5.26 Å². The van der Waals surface area contributed by atoms with Gasteiger partial charge in [-0.25, -0.2) is 0 Å². The van der Waals surface area contributed by atoms with Crippen molar-refractivity contribution in [3.05, 3.63) is 71.3 Å². The largest absolute Gasteiger partial charge is 0.482 e. The van der Waals surface area contributed by atoms with E-state index < -0.39 is 13.0 Å². The van der Waals surface area contributed by atoms with Crippen LogP contribution in [0.25, 0.3) is 0 Å². The Kier molecular flexibility index (Phi) is 9.30. The minimum absolute atomic E-state index is 0.0309. The number of aryl methyl sites for hydroxylation is 2. The third kappa shape index (κ3) is 7.05. The van der Waals surface area contributed by atoms with Gasteiger partial charge in [-0.05, 0) is 100 Å². The molecule has 0 radical (unpaired) electrons. The summed E-state index contributed by atoms with van der Waals surface area (Å²) in [7, 11) is -0.490. The van der Waals surface area contributed by atoms with Gasteiger partial charge >= 0.3 is 7.12 Å². The lowest BCUT2D eigenvalue weighted by Crippen LogP contribution is -2.65. The Morgan fingerprint density at radius 2 is 1.70 bits per heavy atom. The highest BCUT2D eigenvalue weighted by Gasteiger charge is 2.68. The summed E-state index contributed by atoms with van der Waals surface area (Å²) in [6.07, 6.45) is 4.89. The number of rotatable bonds is 11. The van der Waals surface area contributed by atoms with Gasteiger partial charge in [-0.2, -0.15) is 5.26 Å². The molecule has 2 bridgehead atoms. The number of hydrogen-bond acceptors (Lipinski definition) is 5. The zero-order valence-electron chi connectivity index (χ0n) is 27.2. The number of carbonyl (C=O) groups excluding carboxylic acids is 2. The quantitative estimate of drug-likeness (QED) is 0.329. The summed E-state index contributed by atoms with van der Waals surface area (Å²) in [5.41, 5.74) is 2.79. The number of nitriles is 1. The molecule has 1 aliphatic heterocycles. The van der Waals surface area contributed by atoms with Crippen LogP contribution in [0.4, 0.5) is 0 Å². The molecule has 6 rings (SSSR count). The monoisotopic (exact) mass is 597 g/mol. The third-order valence-electron chi connectivity index (χ3n) is 10.3. The van der Waals surface area contributed by atoms with E-state index in [0.29, 0.717) is 43.9 Å². The Labute approximate surface area is 263 Å². The molecule has 44 heavy (non-hydrogen) atoms. The first kappa shape index (κ1) is 32.3. The van der Waals surface area contributed by atoms with Gasteiger partial charge in [0, 0.05) is 12.0 Å². The summed E-state index contributed by atoms with van der Waals surface area (Å²) < 4.78 is 13.3. The van der Waals surface area contributed by atoms with Crippen LogP contribution in [-0.2, 0) is 38.2 Å². The second-order valence-electron chi connectivity index (χ2n) is 15.0. The van der Waals surface area contributed by atoms with E-state index in [-0.39, 0.29) is 40.4 Å². The Hall–Kier alpha value is -3.15. The third-order valence-corrected chi connectivity index (χ3v) is 10.3. The summed E-state index contributed by atoms with van der Waals surface area (Å²) in [4.78, 5) is 25.9. The molecular formula is C36H48BN3O4. The SMILES string of the molecule is CC(C)(C)NC(=O)C(C#N)CCc1cccc(CCC(=O)N[C@@H](Cc2ccccc2)B2O[C@@H]3C[C@@H]4C[C@@H](C4(C)C)[C@]3(C)O2)c1. The molecule has 4 aliphatic rings. The average Bonchev–Trinajstić information content (AvgIpc) is 3.33. The molecule has 8 heteroatoms. The molecule has 3 saturated carbocycles. The van der Waals surface area contributed by atoms with Crippen LogP contribution in [-0.4, -0.2) is 42.1 Å². The first-order valence-electron chi connectivity index (χ1n) is 16.2. The van der Waals surface area contributed by atoms with Crippen LogP contribution in [0, 0.1) is 34.5 Å². The second kappa shape index (κ2) is 12.7. The van der Waals surface area contributed by atoms with Crippen molar-refractivity contribution in [3.8, 4) is 6.07 Å². The first-order chi connectivity index (χ1) is 20.8. The number of amides is 2. The molecule has 1 heterocycles. The molecular weight excluding hydrogens is 549 g/mol. The van der Waals surface area contributed by atoms with Crippen molar-refractivity contribution in [1.82, 2.24) is 10.6 Å². The molecule has 2 aromatic carbocycles. The molecule has 7 nitrogen and oxygen atoms in total. The van der Waals surface area contributed by atoms with Crippen LogP contribution >= 0.6 is 0 Å². The Morgan fingerprint density at radius 1 is 1.02 bits per heavy atom. The fourth-order valence-corrected chi connectivity index (χ4v) is 7.65. The number of nitrogens with one attached hydrogen (secondary N) is 2. The highest BCUT2D eigenvalue weighted by atomic mass is 16.7. The number of hydrogen-bond donors (Lipinski definition) is 2. The van der Waals surface area contributed by atoms with E-state index in [1.165, 1.54) is 6.42 Å². The summed E-state index contributed by atoms with van der Waals surface area (Å²) in [5, 5.41) is 15.7. The molecule has 1 unspecified atom stereocenters. The van der Waals surface area contributed by atoms with E-state index in [1.54, 1.807) is 0 Å². The number of benzene rings is 2. The fourth-order valence-electron chi connectivity index (χ4n) is 7.65. The van der Waals surface area contributed by atoms with Gasteiger partial charge in [0.05, 0.1) is 23.7 Å². The van der Waals surface area contributed by atoms with Crippen LogP contribution in [0.5, 0.6) is 0 Å². The molecule has 2 N–H and O–H groups in total. The second-order valence-corrected chi connectivity index (χ2v) is 15.0. The van der Waals surface area contributed by atoms with Crippen molar-refractivity contribution in [2.45, 2.75) is 110 Å². The summed E-state index contributed by atoms with van der Waals surface area (Å²) in [6.45, 7) is 12.6. The smallest absolute Gasteiger partial charge is 0.404 e. The average molecular weight is 598 g/mol. The lowest BCUT2D eigenvalue weighted by molar-refractivity contribution is -0.199. The van der Waals surface area contributed by atoms with Crippen LogP contribution in [0.3, 0.4) is 0 Å². The van der Waals surface area contributed by atoms with E-state index in [9.17, 15) is 14.9 Å². The molecule has 4 fully saturated rings. The first-order valence-corrected chi connectivity index (χ1v) is 16.2. The summed E-state index contributed by atoms with van der Waals surface area (Å²) >= 11 is 0. The summed E-state index contributed by atoms with van der Waals surface area (Å²) in [6, 6.07) is 20.4. The van der Waals surface area contributed by atoms with Gasteiger partial charge in [0.1, 0.15) is 5.92 Å². The van der Waals surface area contributed by atoms with Crippen molar-refractivity contribution >= 4 is 18.9 Å². The highest BCUT2D eigenvalue weighted by Crippen LogP contribution is 2.65. The van der Waals surface area contributed by atoms with E-state index in [0.717, 1.165) is 23.1 Å². The van der Waals surface area contributed by atoms with Gasteiger partial charge < -0.3 is 19.9 Å². The summed E-state index contributed by atoms with van der Waals surface area (Å²) in [5.74, 6) is -0.134. The molecule has 2 amide bonds. The maximum Gasteiger partial charge on any atom is 0.482 e. The van der Waals surface area contributed by atoms with E-state index in [1.807, 2.05) is 57.2 Å². The van der Waals surface area contributed by atoms with Gasteiger partial charge in [0.15, 0.2) is 0 Å². The van der Waals surface area contributed by atoms with Gasteiger partial charge in [-0.3, -0.25) is 9.59 Å². The van der Waals surface area contributed by atoms with Crippen molar-refractivity contribution < 1.29 is 18.9 Å². The van der Waals surface area contributed by atoms with Gasteiger partial charge in [-0.1, -0.05) is 68.4 Å². The van der Waals surface area contributed by atoms with Crippen LogP contribution in [0.15, 0.2) is 54.6 Å². The van der Waals surface area contributed by atoms with E-state index in [4.69, 9.17) is 9.31 Å². The van der Waals surface area contributed by atoms with E-state index in [2.05, 4.69) is 55.7 Å². The fraction of sp³-hybridized carbons (Fsp3) is 0.583. The van der Waals surface area contributed by atoms with Crippen molar-refractivity contribution in [2.75, 3.05) is 0 Å². The van der Waals surface area contributed by atoms with Crippen molar-refractivity contribution in [2.24, 2.45) is 23.2 Å². The van der Waals surface area contributed by atoms with E-state index >= 15 is 0 Å². The zero-order valence-corrected chi connectivity index (χ0v) is 27.2. The van der Waals surface area contributed by atoms with Gasteiger partial charge in [-0.15, -0.1) is 0 Å². The lowest BCUT2D eigenvalue weighted by atomic mass is 9.43. The highest BCUT2D eigenvalue weighted by molar-refractivity contribution is 6.48. The lowest BCUT2D eigenvalue weighted by Gasteiger charge is -2.64. The zero-order chi connectivity index (χ0) is 31.7. The van der Waals surface area contributed by atoms with Crippen LogP contribution < -0.4 is 10.6 Å².